The maximum atomic E-state index is 11.9. The Hall–Kier alpha value is -2.09. The zero-order chi connectivity index (χ0) is 18.1. The maximum Gasteiger partial charge on any atom is 0.306 e. The molecule has 25 heavy (non-hydrogen) atoms. The minimum Gasteiger partial charge on any atom is -0.481 e. The van der Waals surface area contributed by atoms with Crippen LogP contribution in [0.4, 0.5) is 0 Å². The number of hydrogen-bond acceptors (Lipinski definition) is 1. The van der Waals surface area contributed by atoms with E-state index in [4.69, 9.17) is 0 Å². The van der Waals surface area contributed by atoms with Crippen LogP contribution in [-0.2, 0) is 17.6 Å². The molecule has 134 valence electrons. The van der Waals surface area contributed by atoms with Crippen LogP contribution in [0.2, 0.25) is 0 Å². The monoisotopic (exact) mass is 338 g/mol. The van der Waals surface area contributed by atoms with Gasteiger partial charge in [0.2, 0.25) is 0 Å². The molecule has 0 spiro atoms. The van der Waals surface area contributed by atoms with Gasteiger partial charge in [-0.3, -0.25) is 4.79 Å². The van der Waals surface area contributed by atoms with Crippen molar-refractivity contribution in [2.45, 2.75) is 46.0 Å². The summed E-state index contributed by atoms with van der Waals surface area (Å²) in [5.41, 5.74) is 2.57. The lowest BCUT2D eigenvalue weighted by Gasteiger charge is -2.27. The van der Waals surface area contributed by atoms with Crippen molar-refractivity contribution in [3.8, 4) is 0 Å². The zero-order valence-electron chi connectivity index (χ0n) is 15.4. The fraction of sp³-hybridized carbons (Fsp3) is 0.435. The predicted molar refractivity (Wildman–Crippen MR) is 104 cm³/mol. The van der Waals surface area contributed by atoms with Crippen molar-refractivity contribution in [3.63, 3.8) is 0 Å². The number of carbonyl (C=O) groups is 1. The van der Waals surface area contributed by atoms with E-state index in [-0.39, 0.29) is 11.8 Å². The van der Waals surface area contributed by atoms with Crippen LogP contribution in [0.3, 0.4) is 0 Å². The number of benzene rings is 2. The Labute approximate surface area is 151 Å². The molecule has 2 aromatic carbocycles. The third-order valence-corrected chi connectivity index (χ3v) is 4.96. The lowest BCUT2D eigenvalue weighted by Crippen LogP contribution is -2.27. The first-order chi connectivity index (χ1) is 12.1. The van der Waals surface area contributed by atoms with Gasteiger partial charge in [-0.2, -0.15) is 0 Å². The minimum absolute atomic E-state index is 0.179. The van der Waals surface area contributed by atoms with Crippen LogP contribution in [0.25, 0.3) is 0 Å². The van der Waals surface area contributed by atoms with Crippen LogP contribution in [0.15, 0.2) is 60.7 Å². The van der Waals surface area contributed by atoms with E-state index in [1.807, 2.05) is 24.3 Å². The Morgan fingerprint density at radius 3 is 1.92 bits per heavy atom. The van der Waals surface area contributed by atoms with Gasteiger partial charge in [0, 0.05) is 0 Å². The quantitative estimate of drug-likeness (QED) is 0.611. The van der Waals surface area contributed by atoms with Gasteiger partial charge in [0.05, 0.1) is 5.92 Å². The maximum absolute atomic E-state index is 11.9. The van der Waals surface area contributed by atoms with Crippen LogP contribution in [0.5, 0.6) is 0 Å². The first-order valence-electron chi connectivity index (χ1n) is 9.40. The first kappa shape index (κ1) is 19.2. The molecule has 0 bridgehead atoms. The van der Waals surface area contributed by atoms with E-state index in [1.165, 1.54) is 11.1 Å². The lowest BCUT2D eigenvalue weighted by molar-refractivity contribution is -0.144. The Kier molecular flexibility index (Phi) is 7.72. The number of carboxylic acid groups (broad SMARTS) is 1. The number of aliphatic carboxylic acids is 1. The van der Waals surface area contributed by atoms with E-state index >= 15 is 0 Å². The summed E-state index contributed by atoms with van der Waals surface area (Å²) in [7, 11) is 0. The SMILES string of the molecule is CCCC(C(=O)O)C(Cc1ccccc1)CC(C)Cc1ccccc1. The zero-order valence-corrected chi connectivity index (χ0v) is 15.4. The van der Waals surface area contributed by atoms with Crippen LogP contribution in [-0.4, -0.2) is 11.1 Å². The summed E-state index contributed by atoms with van der Waals surface area (Å²) < 4.78 is 0. The van der Waals surface area contributed by atoms with Crippen molar-refractivity contribution in [3.05, 3.63) is 71.8 Å². The first-order valence-corrected chi connectivity index (χ1v) is 9.40. The van der Waals surface area contributed by atoms with Gasteiger partial charge in [-0.25, -0.2) is 0 Å². The van der Waals surface area contributed by atoms with Gasteiger partial charge in [0.1, 0.15) is 0 Å². The molecule has 2 aromatic rings. The molecule has 0 radical (unpaired) electrons. The van der Waals surface area contributed by atoms with E-state index in [0.29, 0.717) is 5.92 Å². The molecule has 2 heteroatoms. The third kappa shape index (κ3) is 6.38. The molecule has 0 aliphatic rings. The van der Waals surface area contributed by atoms with Crippen molar-refractivity contribution in [2.75, 3.05) is 0 Å². The average molecular weight is 338 g/mol. The molecule has 3 unspecified atom stereocenters. The summed E-state index contributed by atoms with van der Waals surface area (Å²) in [6.45, 7) is 4.32. The molecule has 0 saturated carbocycles. The van der Waals surface area contributed by atoms with Gasteiger partial charge >= 0.3 is 5.97 Å². The predicted octanol–water partition coefficient (Wildman–Crippen LogP) is 5.62. The van der Waals surface area contributed by atoms with E-state index < -0.39 is 5.97 Å². The molecule has 1 N–H and O–H groups in total. The number of rotatable bonds is 10. The molecular formula is C23H30O2. The second-order valence-corrected chi connectivity index (χ2v) is 7.21. The summed E-state index contributed by atoms with van der Waals surface area (Å²) in [5.74, 6) is -0.258. The second-order valence-electron chi connectivity index (χ2n) is 7.21. The molecule has 0 saturated heterocycles. The number of hydrogen-bond donors (Lipinski definition) is 1. The molecule has 2 nitrogen and oxygen atoms in total. The topological polar surface area (TPSA) is 37.3 Å². The standard InChI is InChI=1S/C23H30O2/c1-3-10-22(23(24)25)21(17-20-13-8-5-9-14-20)16-18(2)15-19-11-6-4-7-12-19/h4-9,11-14,18,21-22H,3,10,15-17H2,1-2H3,(H,24,25). The Morgan fingerprint density at radius 2 is 1.44 bits per heavy atom. The fourth-order valence-electron chi connectivity index (χ4n) is 3.80. The second kappa shape index (κ2) is 10.0. The van der Waals surface area contributed by atoms with Crippen molar-refractivity contribution in [1.29, 1.82) is 0 Å². The molecular weight excluding hydrogens is 308 g/mol. The average Bonchev–Trinajstić information content (AvgIpc) is 2.60. The van der Waals surface area contributed by atoms with Gasteiger partial charge in [-0.1, -0.05) is 80.9 Å². The summed E-state index contributed by atoms with van der Waals surface area (Å²) in [6.07, 6.45) is 4.46. The summed E-state index contributed by atoms with van der Waals surface area (Å²) in [6, 6.07) is 20.8. The molecule has 0 aliphatic heterocycles. The smallest absolute Gasteiger partial charge is 0.306 e. The van der Waals surface area contributed by atoms with Gasteiger partial charge < -0.3 is 5.11 Å². The highest BCUT2D eigenvalue weighted by Gasteiger charge is 2.28. The Morgan fingerprint density at radius 1 is 0.920 bits per heavy atom. The molecule has 0 amide bonds. The van der Waals surface area contributed by atoms with Crippen molar-refractivity contribution in [2.24, 2.45) is 17.8 Å². The molecule has 0 fully saturated rings. The van der Waals surface area contributed by atoms with Crippen LogP contribution < -0.4 is 0 Å². The number of carboxylic acids is 1. The van der Waals surface area contributed by atoms with Crippen LogP contribution in [0.1, 0.15) is 44.2 Å². The Bertz CT molecular complexity index is 621. The van der Waals surface area contributed by atoms with Crippen LogP contribution >= 0.6 is 0 Å². The van der Waals surface area contributed by atoms with Crippen molar-refractivity contribution in [1.82, 2.24) is 0 Å². The minimum atomic E-state index is -0.644. The summed E-state index contributed by atoms with van der Waals surface area (Å²) in [5, 5.41) is 9.76. The molecule has 0 aromatic heterocycles. The largest absolute Gasteiger partial charge is 0.481 e. The molecule has 3 atom stereocenters. The highest BCUT2D eigenvalue weighted by atomic mass is 16.4. The van der Waals surface area contributed by atoms with Crippen LogP contribution in [0, 0.1) is 17.8 Å². The Balaban J connectivity index is 2.10. The van der Waals surface area contributed by atoms with E-state index in [9.17, 15) is 9.90 Å². The van der Waals surface area contributed by atoms with Gasteiger partial charge in [-0.15, -0.1) is 0 Å². The van der Waals surface area contributed by atoms with E-state index in [0.717, 1.165) is 32.1 Å². The highest BCUT2D eigenvalue weighted by Crippen LogP contribution is 2.30. The third-order valence-electron chi connectivity index (χ3n) is 4.96. The van der Waals surface area contributed by atoms with Gasteiger partial charge in [0.15, 0.2) is 0 Å². The van der Waals surface area contributed by atoms with E-state index in [1.54, 1.807) is 0 Å². The van der Waals surface area contributed by atoms with Gasteiger partial charge in [0.25, 0.3) is 0 Å². The van der Waals surface area contributed by atoms with Crippen molar-refractivity contribution < 1.29 is 9.90 Å². The molecule has 0 heterocycles. The highest BCUT2D eigenvalue weighted by molar-refractivity contribution is 5.70. The normalized spacial score (nSPS) is 14.6. The fourth-order valence-corrected chi connectivity index (χ4v) is 3.80. The van der Waals surface area contributed by atoms with Crippen molar-refractivity contribution >= 4 is 5.97 Å². The molecule has 0 aliphatic carbocycles. The lowest BCUT2D eigenvalue weighted by atomic mass is 9.77. The molecule has 2 rings (SSSR count). The summed E-state index contributed by atoms with van der Waals surface area (Å²) in [4.78, 5) is 11.9. The summed E-state index contributed by atoms with van der Waals surface area (Å²) >= 11 is 0. The van der Waals surface area contributed by atoms with E-state index in [2.05, 4.69) is 50.2 Å². The van der Waals surface area contributed by atoms with Gasteiger partial charge in [-0.05, 0) is 48.6 Å².